The second-order valence-electron chi connectivity index (χ2n) is 5.72. The molecule has 1 atom stereocenters. The minimum atomic E-state index is -3.51. The molecule has 2 rings (SSSR count). The number of aliphatic hydroxyl groups is 1. The summed E-state index contributed by atoms with van der Waals surface area (Å²) in [4.78, 5) is 0. The van der Waals surface area contributed by atoms with E-state index in [0.717, 1.165) is 42.2 Å². The van der Waals surface area contributed by atoms with Gasteiger partial charge in [-0.3, -0.25) is 0 Å². The fourth-order valence-electron chi connectivity index (χ4n) is 2.60. The Bertz CT molecular complexity index is 572. The molecule has 0 aromatic heterocycles. The molecule has 1 aliphatic carbocycles. The normalized spacial score (nSPS) is 18.4. The van der Waals surface area contributed by atoms with E-state index in [1.807, 2.05) is 31.2 Å². The Hall–Kier alpha value is -1.17. The molecular formula is C16H23NO3S. The van der Waals surface area contributed by atoms with Crippen molar-refractivity contribution in [3.05, 3.63) is 40.8 Å². The fourth-order valence-corrected chi connectivity index (χ4v) is 3.44. The summed E-state index contributed by atoms with van der Waals surface area (Å²) in [5.41, 5.74) is 1.97. The molecule has 0 bridgehead atoms. The molecule has 0 aliphatic heterocycles. The largest absolute Gasteiger partial charge is 0.391 e. The van der Waals surface area contributed by atoms with Gasteiger partial charge in [-0.25, -0.2) is 13.1 Å². The predicted molar refractivity (Wildman–Crippen MR) is 85.1 cm³/mol. The number of aryl methyl sites for hydroxylation is 1. The zero-order chi connectivity index (χ0) is 15.3. The Labute approximate surface area is 126 Å². The van der Waals surface area contributed by atoms with Crippen molar-refractivity contribution in [2.75, 3.05) is 6.54 Å². The molecule has 4 nitrogen and oxygen atoms in total. The molecule has 1 saturated carbocycles. The fraction of sp³-hybridized carbons (Fsp3) is 0.500. The molecule has 1 aromatic rings. The third kappa shape index (κ3) is 5.26. The van der Waals surface area contributed by atoms with Crippen LogP contribution in [0.2, 0.25) is 0 Å². The second kappa shape index (κ2) is 7.20. The molecule has 21 heavy (non-hydrogen) atoms. The molecule has 116 valence electrons. The standard InChI is InChI=1S/C16H23NO3S/c1-13-6-8-14(9-7-13)10-11-21(19,20)17-12-16(18)15-4-2-3-5-15/h6-11,15-18H,2-5,12H2,1H3/b11-10+. The van der Waals surface area contributed by atoms with Gasteiger partial charge in [-0.1, -0.05) is 42.7 Å². The quantitative estimate of drug-likeness (QED) is 0.848. The lowest BCUT2D eigenvalue weighted by Crippen LogP contribution is -2.34. The van der Waals surface area contributed by atoms with Crippen LogP contribution < -0.4 is 4.72 Å². The Morgan fingerprint density at radius 1 is 1.29 bits per heavy atom. The van der Waals surface area contributed by atoms with E-state index in [0.29, 0.717) is 0 Å². The van der Waals surface area contributed by atoms with Crippen molar-refractivity contribution in [2.45, 2.75) is 38.7 Å². The highest BCUT2D eigenvalue weighted by Gasteiger charge is 2.23. The molecule has 1 aromatic carbocycles. The van der Waals surface area contributed by atoms with Gasteiger partial charge in [-0.05, 0) is 37.3 Å². The monoisotopic (exact) mass is 309 g/mol. The van der Waals surface area contributed by atoms with Gasteiger partial charge in [0.25, 0.3) is 0 Å². The number of hydrogen-bond acceptors (Lipinski definition) is 3. The summed E-state index contributed by atoms with van der Waals surface area (Å²) in [6.07, 6.45) is 5.20. The first kappa shape index (κ1) is 16.2. The lowest BCUT2D eigenvalue weighted by atomic mass is 10.0. The molecule has 0 radical (unpaired) electrons. The van der Waals surface area contributed by atoms with E-state index in [9.17, 15) is 13.5 Å². The highest BCUT2D eigenvalue weighted by atomic mass is 32.2. The lowest BCUT2D eigenvalue weighted by Gasteiger charge is -2.17. The first-order valence-electron chi connectivity index (χ1n) is 7.39. The van der Waals surface area contributed by atoms with Crippen molar-refractivity contribution < 1.29 is 13.5 Å². The van der Waals surface area contributed by atoms with Gasteiger partial charge in [-0.2, -0.15) is 0 Å². The number of nitrogens with one attached hydrogen (secondary N) is 1. The zero-order valence-corrected chi connectivity index (χ0v) is 13.1. The highest BCUT2D eigenvalue weighted by molar-refractivity contribution is 7.92. The smallest absolute Gasteiger partial charge is 0.233 e. The second-order valence-corrected chi connectivity index (χ2v) is 7.37. The average molecular weight is 309 g/mol. The SMILES string of the molecule is Cc1ccc(/C=C/S(=O)(=O)NCC(O)C2CCCC2)cc1. The van der Waals surface area contributed by atoms with E-state index < -0.39 is 16.1 Å². The van der Waals surface area contributed by atoms with E-state index in [1.165, 1.54) is 0 Å². The molecule has 0 spiro atoms. The van der Waals surface area contributed by atoms with Gasteiger partial charge in [-0.15, -0.1) is 0 Å². The Balaban J connectivity index is 1.87. The summed E-state index contributed by atoms with van der Waals surface area (Å²) < 4.78 is 26.2. The number of hydrogen-bond donors (Lipinski definition) is 2. The molecule has 2 N–H and O–H groups in total. The molecule has 0 saturated heterocycles. The van der Waals surface area contributed by atoms with Crippen molar-refractivity contribution in [1.29, 1.82) is 0 Å². The van der Waals surface area contributed by atoms with Crippen LogP contribution in [-0.2, 0) is 10.0 Å². The van der Waals surface area contributed by atoms with E-state index >= 15 is 0 Å². The van der Waals surface area contributed by atoms with Crippen molar-refractivity contribution in [3.63, 3.8) is 0 Å². The summed E-state index contributed by atoms with van der Waals surface area (Å²) >= 11 is 0. The minimum absolute atomic E-state index is 0.0885. The summed E-state index contributed by atoms with van der Waals surface area (Å²) in [6, 6.07) is 7.61. The molecule has 5 heteroatoms. The third-order valence-electron chi connectivity index (χ3n) is 3.95. The molecular weight excluding hydrogens is 286 g/mol. The summed E-state index contributed by atoms with van der Waals surface area (Å²) in [5, 5.41) is 11.1. The van der Waals surface area contributed by atoms with Gasteiger partial charge in [0.05, 0.1) is 6.10 Å². The van der Waals surface area contributed by atoms with Crippen LogP contribution in [-0.4, -0.2) is 26.2 Å². The van der Waals surface area contributed by atoms with Gasteiger partial charge in [0.15, 0.2) is 0 Å². The van der Waals surface area contributed by atoms with Gasteiger partial charge in [0.1, 0.15) is 0 Å². The number of aliphatic hydroxyl groups excluding tert-OH is 1. The van der Waals surface area contributed by atoms with E-state index in [-0.39, 0.29) is 12.5 Å². The van der Waals surface area contributed by atoms with Crippen molar-refractivity contribution in [2.24, 2.45) is 5.92 Å². The third-order valence-corrected chi connectivity index (χ3v) is 5.02. The van der Waals surface area contributed by atoms with Crippen LogP contribution >= 0.6 is 0 Å². The number of sulfonamides is 1. The predicted octanol–water partition coefficient (Wildman–Crippen LogP) is 2.44. The first-order valence-corrected chi connectivity index (χ1v) is 8.93. The van der Waals surface area contributed by atoms with Crippen LogP contribution in [0.15, 0.2) is 29.7 Å². The Morgan fingerprint density at radius 3 is 2.52 bits per heavy atom. The van der Waals surface area contributed by atoms with Crippen LogP contribution in [0.4, 0.5) is 0 Å². The number of benzene rings is 1. The van der Waals surface area contributed by atoms with Gasteiger partial charge in [0, 0.05) is 12.0 Å². The Morgan fingerprint density at radius 2 is 1.90 bits per heavy atom. The van der Waals surface area contributed by atoms with Gasteiger partial charge < -0.3 is 5.11 Å². The van der Waals surface area contributed by atoms with E-state index in [2.05, 4.69) is 4.72 Å². The van der Waals surface area contributed by atoms with Crippen LogP contribution in [0, 0.1) is 12.8 Å². The molecule has 1 aliphatic rings. The molecule has 0 amide bonds. The molecule has 1 fully saturated rings. The molecule has 1 unspecified atom stereocenters. The maximum atomic E-state index is 11.9. The summed E-state index contributed by atoms with van der Waals surface area (Å²) in [7, 11) is -3.51. The zero-order valence-electron chi connectivity index (χ0n) is 12.3. The average Bonchev–Trinajstić information content (AvgIpc) is 2.99. The van der Waals surface area contributed by atoms with Crippen LogP contribution in [0.3, 0.4) is 0 Å². The van der Waals surface area contributed by atoms with Gasteiger partial charge >= 0.3 is 0 Å². The lowest BCUT2D eigenvalue weighted by molar-refractivity contribution is 0.115. The Kier molecular flexibility index (Phi) is 5.56. The van der Waals surface area contributed by atoms with Gasteiger partial charge in [0.2, 0.25) is 10.0 Å². The topological polar surface area (TPSA) is 66.4 Å². The molecule has 0 heterocycles. The summed E-state index contributed by atoms with van der Waals surface area (Å²) in [6.45, 7) is 2.07. The van der Waals surface area contributed by atoms with E-state index in [4.69, 9.17) is 0 Å². The van der Waals surface area contributed by atoms with Crippen molar-refractivity contribution >= 4 is 16.1 Å². The van der Waals surface area contributed by atoms with Crippen LogP contribution in [0.1, 0.15) is 36.8 Å². The first-order chi connectivity index (χ1) is 9.96. The summed E-state index contributed by atoms with van der Waals surface area (Å²) in [5.74, 6) is 0.230. The van der Waals surface area contributed by atoms with Crippen LogP contribution in [0.5, 0.6) is 0 Å². The maximum Gasteiger partial charge on any atom is 0.233 e. The van der Waals surface area contributed by atoms with E-state index in [1.54, 1.807) is 6.08 Å². The van der Waals surface area contributed by atoms with Crippen molar-refractivity contribution in [1.82, 2.24) is 4.72 Å². The minimum Gasteiger partial charge on any atom is -0.391 e. The highest BCUT2D eigenvalue weighted by Crippen LogP contribution is 2.27. The van der Waals surface area contributed by atoms with Crippen molar-refractivity contribution in [3.8, 4) is 0 Å². The number of rotatable bonds is 6. The van der Waals surface area contributed by atoms with Crippen LogP contribution in [0.25, 0.3) is 6.08 Å². The maximum absolute atomic E-state index is 11.9.